The highest BCUT2D eigenvalue weighted by atomic mass is 16.2. The number of hydrogen-bond donors (Lipinski definition) is 0. The fourth-order valence-electron chi connectivity index (χ4n) is 3.23. The van der Waals surface area contributed by atoms with Gasteiger partial charge in [-0.2, -0.15) is 0 Å². The van der Waals surface area contributed by atoms with Gasteiger partial charge in [-0.3, -0.25) is 9.69 Å². The molecule has 0 spiro atoms. The van der Waals surface area contributed by atoms with Gasteiger partial charge < -0.3 is 4.90 Å². The second kappa shape index (κ2) is 6.55. The highest BCUT2D eigenvalue weighted by Crippen LogP contribution is 2.22. The van der Waals surface area contributed by atoms with E-state index in [-0.39, 0.29) is 11.9 Å². The number of benzene rings is 2. The van der Waals surface area contributed by atoms with Crippen molar-refractivity contribution in [1.29, 1.82) is 0 Å². The number of piperazine rings is 1. The second-order valence-corrected chi connectivity index (χ2v) is 6.46. The summed E-state index contributed by atoms with van der Waals surface area (Å²) in [5, 5.41) is 0. The highest BCUT2D eigenvalue weighted by Gasteiger charge is 2.32. The fourth-order valence-corrected chi connectivity index (χ4v) is 3.23. The van der Waals surface area contributed by atoms with E-state index in [4.69, 9.17) is 0 Å². The lowest BCUT2D eigenvalue weighted by atomic mass is 10.1. The van der Waals surface area contributed by atoms with Crippen molar-refractivity contribution in [3.63, 3.8) is 0 Å². The Morgan fingerprint density at radius 2 is 1.70 bits per heavy atom. The zero-order chi connectivity index (χ0) is 16.4. The van der Waals surface area contributed by atoms with Crippen molar-refractivity contribution in [2.45, 2.75) is 33.4 Å². The molecule has 0 bridgehead atoms. The van der Waals surface area contributed by atoms with Crippen LogP contribution >= 0.6 is 0 Å². The van der Waals surface area contributed by atoms with Crippen molar-refractivity contribution >= 4 is 11.6 Å². The van der Waals surface area contributed by atoms with Crippen molar-refractivity contribution in [2.75, 3.05) is 18.0 Å². The molecule has 2 aromatic rings. The zero-order valence-corrected chi connectivity index (χ0v) is 14.1. The largest absolute Gasteiger partial charge is 0.310 e. The van der Waals surface area contributed by atoms with Gasteiger partial charge in [0.25, 0.3) is 0 Å². The van der Waals surface area contributed by atoms with E-state index in [1.54, 1.807) is 0 Å². The molecule has 1 atom stereocenters. The van der Waals surface area contributed by atoms with Gasteiger partial charge in [0.1, 0.15) is 0 Å². The number of hydrogen-bond acceptors (Lipinski definition) is 2. The van der Waals surface area contributed by atoms with E-state index in [0.717, 1.165) is 25.3 Å². The summed E-state index contributed by atoms with van der Waals surface area (Å²) in [5.74, 6) is 0.189. The van der Waals surface area contributed by atoms with Gasteiger partial charge in [0.05, 0.1) is 6.04 Å². The Kier molecular flexibility index (Phi) is 4.49. The summed E-state index contributed by atoms with van der Waals surface area (Å²) in [6, 6.07) is 16.6. The van der Waals surface area contributed by atoms with E-state index < -0.39 is 0 Å². The van der Waals surface area contributed by atoms with Crippen molar-refractivity contribution < 1.29 is 4.79 Å². The maximum Gasteiger partial charge on any atom is 0.244 e. The summed E-state index contributed by atoms with van der Waals surface area (Å²) in [7, 11) is 0. The van der Waals surface area contributed by atoms with Gasteiger partial charge in [-0.15, -0.1) is 0 Å². The second-order valence-electron chi connectivity index (χ2n) is 6.46. The maximum absolute atomic E-state index is 12.8. The predicted molar refractivity (Wildman–Crippen MR) is 94.6 cm³/mol. The van der Waals surface area contributed by atoms with E-state index >= 15 is 0 Å². The quantitative estimate of drug-likeness (QED) is 0.866. The molecule has 1 saturated heterocycles. The molecule has 2 aromatic carbocycles. The van der Waals surface area contributed by atoms with E-state index in [2.05, 4.69) is 55.1 Å². The average Bonchev–Trinajstić information content (AvgIpc) is 2.52. The van der Waals surface area contributed by atoms with Crippen LogP contribution in [-0.2, 0) is 11.3 Å². The fraction of sp³-hybridized carbons (Fsp3) is 0.350. The molecule has 0 aromatic heterocycles. The van der Waals surface area contributed by atoms with Crippen LogP contribution in [0.1, 0.15) is 23.6 Å². The van der Waals surface area contributed by atoms with Gasteiger partial charge in [-0.25, -0.2) is 0 Å². The van der Waals surface area contributed by atoms with Crippen LogP contribution < -0.4 is 4.90 Å². The third kappa shape index (κ3) is 3.45. The lowest BCUT2D eigenvalue weighted by Crippen LogP contribution is -2.55. The molecule has 120 valence electrons. The molecule has 1 fully saturated rings. The molecule has 1 heterocycles. The summed E-state index contributed by atoms with van der Waals surface area (Å²) < 4.78 is 0. The van der Waals surface area contributed by atoms with Crippen LogP contribution in [-0.4, -0.2) is 29.9 Å². The number of carbonyl (C=O) groups is 1. The predicted octanol–water partition coefficient (Wildman–Crippen LogP) is 3.54. The first-order valence-electron chi connectivity index (χ1n) is 8.22. The van der Waals surface area contributed by atoms with Gasteiger partial charge >= 0.3 is 0 Å². The average molecular weight is 308 g/mol. The monoisotopic (exact) mass is 308 g/mol. The molecular weight excluding hydrogens is 284 g/mol. The van der Waals surface area contributed by atoms with Gasteiger partial charge in [-0.1, -0.05) is 42.0 Å². The Morgan fingerprint density at radius 1 is 1.00 bits per heavy atom. The minimum absolute atomic E-state index is 0.0928. The Morgan fingerprint density at radius 3 is 2.39 bits per heavy atom. The molecule has 3 nitrogen and oxygen atoms in total. The van der Waals surface area contributed by atoms with Crippen molar-refractivity contribution in [3.8, 4) is 0 Å². The number of aryl methyl sites for hydroxylation is 2. The number of rotatable bonds is 3. The first-order chi connectivity index (χ1) is 11.0. The first-order valence-corrected chi connectivity index (χ1v) is 8.22. The van der Waals surface area contributed by atoms with E-state index in [9.17, 15) is 4.79 Å². The van der Waals surface area contributed by atoms with E-state index in [1.807, 2.05) is 24.0 Å². The van der Waals surface area contributed by atoms with Crippen LogP contribution in [0.15, 0.2) is 48.5 Å². The zero-order valence-electron chi connectivity index (χ0n) is 14.1. The summed E-state index contributed by atoms with van der Waals surface area (Å²) in [5.41, 5.74) is 4.73. The van der Waals surface area contributed by atoms with Crippen molar-refractivity contribution in [3.05, 3.63) is 65.2 Å². The van der Waals surface area contributed by atoms with Crippen LogP contribution in [0.2, 0.25) is 0 Å². The van der Waals surface area contributed by atoms with Gasteiger partial charge in [0.2, 0.25) is 5.91 Å². The topological polar surface area (TPSA) is 23.6 Å². The first kappa shape index (κ1) is 15.8. The molecule has 0 saturated carbocycles. The molecule has 1 aliphatic heterocycles. The van der Waals surface area contributed by atoms with Crippen molar-refractivity contribution in [2.24, 2.45) is 0 Å². The third-order valence-corrected chi connectivity index (χ3v) is 4.56. The lowest BCUT2D eigenvalue weighted by molar-refractivity contribution is -0.125. The molecular formula is C20H24N2O. The Balaban J connectivity index is 1.73. The molecule has 0 aliphatic carbocycles. The smallest absolute Gasteiger partial charge is 0.244 e. The third-order valence-electron chi connectivity index (χ3n) is 4.56. The standard InChI is InChI=1S/C20H24N2O/c1-15-6-4-8-18(12-15)14-21-10-11-22(20(23)17(21)3)19-9-5-7-16(2)13-19/h4-9,12-13,17H,10-11,14H2,1-3H3. The maximum atomic E-state index is 12.8. The van der Waals surface area contributed by atoms with Crippen LogP contribution in [0.25, 0.3) is 0 Å². The van der Waals surface area contributed by atoms with E-state index in [1.165, 1.54) is 16.7 Å². The van der Waals surface area contributed by atoms with Crippen LogP contribution in [0.5, 0.6) is 0 Å². The Labute approximate surface area is 138 Å². The SMILES string of the molecule is Cc1cccc(CN2CCN(c3cccc(C)c3)C(=O)C2C)c1. The van der Waals surface area contributed by atoms with Crippen LogP contribution in [0.3, 0.4) is 0 Å². The minimum Gasteiger partial charge on any atom is -0.310 e. The van der Waals surface area contributed by atoms with E-state index in [0.29, 0.717) is 0 Å². The molecule has 0 N–H and O–H groups in total. The summed E-state index contributed by atoms with van der Waals surface area (Å²) >= 11 is 0. The molecule has 1 aliphatic rings. The van der Waals surface area contributed by atoms with Crippen LogP contribution in [0, 0.1) is 13.8 Å². The molecule has 23 heavy (non-hydrogen) atoms. The van der Waals surface area contributed by atoms with Gasteiger partial charge in [-0.05, 0) is 44.0 Å². The summed E-state index contributed by atoms with van der Waals surface area (Å²) in [6.07, 6.45) is 0. The number of carbonyl (C=O) groups excluding carboxylic acids is 1. The molecule has 1 amide bonds. The Bertz CT molecular complexity index is 710. The minimum atomic E-state index is -0.0928. The highest BCUT2D eigenvalue weighted by molar-refractivity contribution is 5.97. The lowest BCUT2D eigenvalue weighted by Gasteiger charge is -2.39. The van der Waals surface area contributed by atoms with Crippen molar-refractivity contribution in [1.82, 2.24) is 4.90 Å². The molecule has 0 radical (unpaired) electrons. The van der Waals surface area contributed by atoms with Gasteiger partial charge in [0, 0.05) is 25.3 Å². The summed E-state index contributed by atoms with van der Waals surface area (Å²) in [6.45, 7) is 8.66. The molecule has 3 rings (SSSR count). The van der Waals surface area contributed by atoms with Crippen LogP contribution in [0.4, 0.5) is 5.69 Å². The molecule has 1 unspecified atom stereocenters. The number of nitrogens with zero attached hydrogens (tertiary/aromatic N) is 2. The summed E-state index contributed by atoms with van der Waals surface area (Å²) in [4.78, 5) is 17.0. The number of amides is 1. The normalized spacial score (nSPS) is 19.2. The Hall–Kier alpha value is -2.13. The molecule has 3 heteroatoms. The van der Waals surface area contributed by atoms with Gasteiger partial charge in [0.15, 0.2) is 0 Å². The number of anilines is 1.